The summed E-state index contributed by atoms with van der Waals surface area (Å²) in [6, 6.07) is 9.69. The van der Waals surface area contributed by atoms with E-state index < -0.39 is 0 Å². The fourth-order valence-electron chi connectivity index (χ4n) is 3.88. The topological polar surface area (TPSA) is 58.4 Å². The number of hydrogen-bond donors (Lipinski definition) is 0. The number of thiophene rings is 1. The van der Waals surface area contributed by atoms with E-state index in [4.69, 9.17) is 11.6 Å². The van der Waals surface area contributed by atoms with Gasteiger partial charge < -0.3 is 9.80 Å². The molecule has 1 fully saturated rings. The van der Waals surface area contributed by atoms with E-state index in [0.717, 1.165) is 26.4 Å². The van der Waals surface area contributed by atoms with Crippen molar-refractivity contribution in [2.45, 2.75) is 33.7 Å². The van der Waals surface area contributed by atoms with Gasteiger partial charge in [-0.05, 0) is 36.6 Å². The summed E-state index contributed by atoms with van der Waals surface area (Å²) in [4.78, 5) is 30.9. The minimum Gasteiger partial charge on any atom is -0.339 e. The van der Waals surface area contributed by atoms with Crippen molar-refractivity contribution in [3.63, 3.8) is 0 Å². The van der Waals surface area contributed by atoms with Crippen LogP contribution in [0.1, 0.15) is 41.2 Å². The fourth-order valence-corrected chi connectivity index (χ4v) is 5.14. The molecule has 0 radical (unpaired) electrons. The van der Waals surface area contributed by atoms with Gasteiger partial charge in [0.25, 0.3) is 5.91 Å². The first-order valence-corrected chi connectivity index (χ1v) is 11.8. The third-order valence-electron chi connectivity index (χ3n) is 5.57. The van der Waals surface area contributed by atoms with Crippen LogP contribution in [0.25, 0.3) is 10.2 Å². The third-order valence-corrected chi connectivity index (χ3v) is 6.95. The van der Waals surface area contributed by atoms with Gasteiger partial charge in [0.2, 0.25) is 5.91 Å². The van der Waals surface area contributed by atoms with Crippen LogP contribution in [0.2, 0.25) is 5.02 Å². The highest BCUT2D eigenvalue weighted by Crippen LogP contribution is 2.30. The molecule has 0 N–H and O–H groups in total. The van der Waals surface area contributed by atoms with Crippen molar-refractivity contribution in [2.24, 2.45) is 5.92 Å². The van der Waals surface area contributed by atoms with Gasteiger partial charge >= 0.3 is 0 Å². The molecule has 0 atom stereocenters. The Kier molecular flexibility index (Phi) is 6.34. The molecule has 3 heterocycles. The van der Waals surface area contributed by atoms with Crippen LogP contribution in [0.4, 0.5) is 0 Å². The molecular weight excluding hydrogens is 432 g/mol. The molecule has 3 aromatic rings. The number of piperazine rings is 1. The standard InChI is InChI=1S/C23H27ClN4O2S/c1-15(2)12-21(29)26-8-10-27(11-9-26)22(30)20-13-19-16(3)25-28(23(19)31-20)14-17-4-6-18(24)7-5-17/h4-7,13,15H,8-12,14H2,1-3H3. The summed E-state index contributed by atoms with van der Waals surface area (Å²) in [5.74, 6) is 0.567. The first-order chi connectivity index (χ1) is 14.8. The van der Waals surface area contributed by atoms with Gasteiger partial charge in [0, 0.05) is 43.0 Å². The minimum atomic E-state index is 0.0367. The summed E-state index contributed by atoms with van der Waals surface area (Å²) >= 11 is 7.48. The van der Waals surface area contributed by atoms with Crippen molar-refractivity contribution in [1.29, 1.82) is 0 Å². The lowest BCUT2D eigenvalue weighted by atomic mass is 10.1. The van der Waals surface area contributed by atoms with E-state index >= 15 is 0 Å². The smallest absolute Gasteiger partial charge is 0.264 e. The molecule has 6 nitrogen and oxygen atoms in total. The maximum absolute atomic E-state index is 13.1. The molecule has 4 rings (SSSR count). The Morgan fingerprint density at radius 3 is 2.39 bits per heavy atom. The van der Waals surface area contributed by atoms with Gasteiger partial charge in [-0.25, -0.2) is 0 Å². The van der Waals surface area contributed by atoms with E-state index in [0.29, 0.717) is 50.1 Å². The number of hydrogen-bond acceptors (Lipinski definition) is 4. The molecule has 8 heteroatoms. The zero-order chi connectivity index (χ0) is 22.1. The molecule has 1 saturated heterocycles. The molecule has 0 aliphatic carbocycles. The Morgan fingerprint density at radius 2 is 1.74 bits per heavy atom. The van der Waals surface area contributed by atoms with Gasteiger partial charge in [0.15, 0.2) is 0 Å². The SMILES string of the molecule is Cc1nn(Cc2ccc(Cl)cc2)c2sc(C(=O)N3CCN(C(=O)CC(C)C)CC3)cc12. The molecule has 164 valence electrons. The lowest BCUT2D eigenvalue weighted by molar-refractivity contribution is -0.133. The number of fused-ring (bicyclic) bond motifs is 1. The number of benzene rings is 1. The van der Waals surface area contributed by atoms with E-state index in [9.17, 15) is 9.59 Å². The lowest BCUT2D eigenvalue weighted by Gasteiger charge is -2.35. The average molecular weight is 459 g/mol. The fraction of sp³-hybridized carbons (Fsp3) is 0.435. The normalized spacial score (nSPS) is 14.6. The van der Waals surface area contributed by atoms with Crippen LogP contribution < -0.4 is 0 Å². The zero-order valence-corrected chi connectivity index (χ0v) is 19.7. The maximum Gasteiger partial charge on any atom is 0.264 e. The van der Waals surface area contributed by atoms with Gasteiger partial charge in [-0.1, -0.05) is 37.6 Å². The number of carbonyl (C=O) groups is 2. The summed E-state index contributed by atoms with van der Waals surface area (Å²) in [6.07, 6.45) is 0.563. The quantitative estimate of drug-likeness (QED) is 0.568. The monoisotopic (exact) mass is 458 g/mol. The van der Waals surface area contributed by atoms with Gasteiger partial charge in [0.05, 0.1) is 17.1 Å². The summed E-state index contributed by atoms with van der Waals surface area (Å²) < 4.78 is 1.96. The van der Waals surface area contributed by atoms with Gasteiger partial charge in [0.1, 0.15) is 4.83 Å². The summed E-state index contributed by atoms with van der Waals surface area (Å²) in [7, 11) is 0. The first kappa shape index (κ1) is 21.8. The summed E-state index contributed by atoms with van der Waals surface area (Å²) in [6.45, 7) is 9.06. The Bertz CT molecular complexity index is 1090. The van der Waals surface area contributed by atoms with Crippen molar-refractivity contribution >= 4 is 45.0 Å². The molecule has 31 heavy (non-hydrogen) atoms. The number of carbonyl (C=O) groups excluding carboxylic acids is 2. The average Bonchev–Trinajstić information content (AvgIpc) is 3.30. The molecule has 0 spiro atoms. The van der Waals surface area contributed by atoms with Crippen LogP contribution in [0.5, 0.6) is 0 Å². The van der Waals surface area contributed by atoms with Gasteiger partial charge in [-0.2, -0.15) is 5.10 Å². The predicted molar refractivity (Wildman–Crippen MR) is 125 cm³/mol. The largest absolute Gasteiger partial charge is 0.339 e. The number of aryl methyl sites for hydroxylation is 1. The van der Waals surface area contributed by atoms with E-state index in [1.54, 1.807) is 0 Å². The Labute approximate surface area is 191 Å². The highest BCUT2D eigenvalue weighted by atomic mass is 35.5. The number of aromatic nitrogens is 2. The van der Waals surface area contributed by atoms with Crippen molar-refractivity contribution in [1.82, 2.24) is 19.6 Å². The molecule has 1 aliphatic heterocycles. The predicted octanol–water partition coefficient (Wildman–Crippen LogP) is 4.44. The number of halogens is 1. The second-order valence-electron chi connectivity index (χ2n) is 8.47. The van der Waals surface area contributed by atoms with Crippen molar-refractivity contribution < 1.29 is 9.59 Å². The maximum atomic E-state index is 13.1. The molecule has 2 amide bonds. The Balaban J connectivity index is 1.47. The molecule has 1 aromatic carbocycles. The van der Waals surface area contributed by atoms with Crippen molar-refractivity contribution in [2.75, 3.05) is 26.2 Å². The van der Waals surface area contributed by atoms with Crippen LogP contribution >= 0.6 is 22.9 Å². The Morgan fingerprint density at radius 1 is 1.10 bits per heavy atom. The molecule has 0 unspecified atom stereocenters. The van der Waals surface area contributed by atoms with E-state index in [1.807, 2.05) is 51.7 Å². The van der Waals surface area contributed by atoms with Crippen LogP contribution in [-0.4, -0.2) is 57.6 Å². The second-order valence-corrected chi connectivity index (χ2v) is 9.94. The number of nitrogens with zero attached hydrogens (tertiary/aromatic N) is 4. The Hall–Kier alpha value is -2.38. The van der Waals surface area contributed by atoms with Crippen molar-refractivity contribution in [3.8, 4) is 0 Å². The lowest BCUT2D eigenvalue weighted by Crippen LogP contribution is -2.50. The third kappa shape index (κ3) is 4.77. The van der Waals surface area contributed by atoms with E-state index in [1.165, 1.54) is 11.3 Å². The zero-order valence-electron chi connectivity index (χ0n) is 18.1. The highest BCUT2D eigenvalue weighted by molar-refractivity contribution is 7.20. The molecule has 2 aromatic heterocycles. The number of amides is 2. The van der Waals surface area contributed by atoms with Crippen LogP contribution in [0.15, 0.2) is 30.3 Å². The van der Waals surface area contributed by atoms with Crippen LogP contribution in [0, 0.1) is 12.8 Å². The molecule has 0 saturated carbocycles. The van der Waals surface area contributed by atoms with Gasteiger partial charge in [-0.15, -0.1) is 11.3 Å². The second kappa shape index (κ2) is 9.01. The highest BCUT2D eigenvalue weighted by Gasteiger charge is 2.27. The number of rotatable bonds is 5. The van der Waals surface area contributed by atoms with E-state index in [2.05, 4.69) is 18.9 Å². The molecular formula is C23H27ClN4O2S. The first-order valence-electron chi connectivity index (χ1n) is 10.6. The van der Waals surface area contributed by atoms with E-state index in [-0.39, 0.29) is 11.8 Å². The van der Waals surface area contributed by atoms with Crippen LogP contribution in [-0.2, 0) is 11.3 Å². The summed E-state index contributed by atoms with van der Waals surface area (Å²) in [5, 5.41) is 6.39. The molecule has 1 aliphatic rings. The van der Waals surface area contributed by atoms with Gasteiger partial charge in [-0.3, -0.25) is 14.3 Å². The summed E-state index contributed by atoms with van der Waals surface area (Å²) in [5.41, 5.74) is 2.03. The molecule has 0 bridgehead atoms. The van der Waals surface area contributed by atoms with Crippen LogP contribution in [0.3, 0.4) is 0 Å². The minimum absolute atomic E-state index is 0.0367. The van der Waals surface area contributed by atoms with Crippen molar-refractivity contribution in [3.05, 3.63) is 51.5 Å².